The molecule has 2 heterocycles. The summed E-state index contributed by atoms with van der Waals surface area (Å²) < 4.78 is 2.90. The van der Waals surface area contributed by atoms with Gasteiger partial charge < -0.3 is 0 Å². The Kier molecular flexibility index (Phi) is 2.82. The van der Waals surface area contributed by atoms with Gasteiger partial charge in [0.25, 0.3) is 0 Å². The fourth-order valence-corrected chi connectivity index (χ4v) is 3.93. The van der Waals surface area contributed by atoms with Gasteiger partial charge in [0.05, 0.1) is 4.88 Å². The average molecular weight is 299 g/mol. The minimum Gasteiger partial charge on any atom is -0.296 e. The van der Waals surface area contributed by atoms with Crippen LogP contribution in [-0.4, -0.2) is 14.8 Å². The average Bonchev–Trinajstić information content (AvgIpc) is 3.16. The van der Waals surface area contributed by atoms with Gasteiger partial charge in [-0.1, -0.05) is 30.3 Å². The van der Waals surface area contributed by atoms with Gasteiger partial charge in [-0.15, -0.1) is 11.3 Å². The van der Waals surface area contributed by atoms with Crippen molar-refractivity contribution in [2.75, 3.05) is 0 Å². The van der Waals surface area contributed by atoms with E-state index in [0.29, 0.717) is 10.8 Å². The molecule has 0 saturated carbocycles. The summed E-state index contributed by atoms with van der Waals surface area (Å²) >= 11 is 7.14. The van der Waals surface area contributed by atoms with Gasteiger partial charge in [0, 0.05) is 6.04 Å². The van der Waals surface area contributed by atoms with Crippen LogP contribution in [0.25, 0.3) is 10.7 Å². The molecule has 1 N–H and O–H groups in total. The number of aromatic amines is 1. The van der Waals surface area contributed by atoms with Crippen molar-refractivity contribution >= 4 is 23.6 Å². The van der Waals surface area contributed by atoms with Crippen LogP contribution in [0.4, 0.5) is 0 Å². The predicted octanol–water partition coefficient (Wildman–Crippen LogP) is 4.01. The molecule has 1 aliphatic carbocycles. The van der Waals surface area contributed by atoms with Crippen LogP contribution in [0.3, 0.4) is 0 Å². The first-order valence-corrected chi connectivity index (χ1v) is 7.89. The Hall–Kier alpha value is -1.72. The highest BCUT2D eigenvalue weighted by atomic mass is 32.1. The van der Waals surface area contributed by atoms with Crippen molar-refractivity contribution in [1.29, 1.82) is 0 Å². The fraction of sp³-hybridized carbons (Fsp3) is 0.200. The molecule has 0 radical (unpaired) electrons. The largest absolute Gasteiger partial charge is 0.296 e. The topological polar surface area (TPSA) is 33.6 Å². The molecule has 3 nitrogen and oxygen atoms in total. The van der Waals surface area contributed by atoms with E-state index in [1.54, 1.807) is 11.3 Å². The highest BCUT2D eigenvalue weighted by Crippen LogP contribution is 2.34. The number of hydrogen-bond donors (Lipinski definition) is 1. The fourth-order valence-electron chi connectivity index (χ4n) is 2.94. The Morgan fingerprint density at radius 3 is 2.55 bits per heavy atom. The Morgan fingerprint density at radius 1 is 1.15 bits per heavy atom. The second kappa shape index (κ2) is 4.68. The van der Waals surface area contributed by atoms with Gasteiger partial charge in [-0.3, -0.25) is 9.67 Å². The maximum atomic E-state index is 5.44. The Balaban J connectivity index is 1.78. The zero-order valence-corrected chi connectivity index (χ0v) is 12.4. The van der Waals surface area contributed by atoms with Gasteiger partial charge in [0.15, 0.2) is 10.6 Å². The number of thiophene rings is 1. The van der Waals surface area contributed by atoms with Gasteiger partial charge >= 0.3 is 0 Å². The van der Waals surface area contributed by atoms with E-state index in [9.17, 15) is 0 Å². The summed E-state index contributed by atoms with van der Waals surface area (Å²) in [6.07, 6.45) is 2.06. The van der Waals surface area contributed by atoms with Crippen LogP contribution >= 0.6 is 23.6 Å². The monoisotopic (exact) mass is 299 g/mol. The molecule has 1 aliphatic rings. The van der Waals surface area contributed by atoms with Gasteiger partial charge in [-0.2, -0.15) is 5.10 Å². The Morgan fingerprint density at radius 2 is 1.90 bits per heavy atom. The maximum Gasteiger partial charge on any atom is 0.195 e. The number of aromatic nitrogens is 3. The molecule has 0 aliphatic heterocycles. The lowest BCUT2D eigenvalue weighted by atomic mass is 10.1. The quantitative estimate of drug-likeness (QED) is 0.725. The molecule has 1 aromatic carbocycles. The number of nitrogens with one attached hydrogen (secondary N) is 1. The number of nitrogens with zero attached hydrogens (tertiary/aromatic N) is 2. The molecule has 4 rings (SSSR count). The summed E-state index contributed by atoms with van der Waals surface area (Å²) in [5.41, 5.74) is 2.86. The second-order valence-corrected chi connectivity index (χ2v) is 6.36. The lowest BCUT2D eigenvalue weighted by Gasteiger charge is -2.13. The van der Waals surface area contributed by atoms with Crippen molar-refractivity contribution in [3.8, 4) is 10.7 Å². The molecule has 5 heteroatoms. The number of fused-ring (bicyclic) bond motifs is 1. The molecule has 0 amide bonds. The third-order valence-corrected chi connectivity index (χ3v) is 4.99. The van der Waals surface area contributed by atoms with E-state index in [2.05, 4.69) is 50.5 Å². The molecule has 2 aromatic heterocycles. The maximum absolute atomic E-state index is 5.44. The summed E-state index contributed by atoms with van der Waals surface area (Å²) in [5, 5.41) is 9.44. The molecular formula is C15H13N3S2. The zero-order chi connectivity index (χ0) is 13.5. The zero-order valence-electron chi connectivity index (χ0n) is 10.7. The molecule has 0 unspecified atom stereocenters. The molecule has 20 heavy (non-hydrogen) atoms. The molecule has 0 atom stereocenters. The normalized spacial score (nSPS) is 14.6. The van der Waals surface area contributed by atoms with E-state index in [0.717, 1.165) is 23.5 Å². The van der Waals surface area contributed by atoms with Crippen LogP contribution in [0.5, 0.6) is 0 Å². The van der Waals surface area contributed by atoms with E-state index in [4.69, 9.17) is 12.2 Å². The van der Waals surface area contributed by atoms with Crippen LogP contribution < -0.4 is 0 Å². The van der Waals surface area contributed by atoms with Crippen LogP contribution in [0.2, 0.25) is 0 Å². The summed E-state index contributed by atoms with van der Waals surface area (Å²) in [7, 11) is 0. The van der Waals surface area contributed by atoms with Gasteiger partial charge in [0.1, 0.15) is 0 Å². The van der Waals surface area contributed by atoms with Crippen LogP contribution in [0, 0.1) is 4.77 Å². The number of benzene rings is 1. The summed E-state index contributed by atoms with van der Waals surface area (Å²) in [6, 6.07) is 13.1. The van der Waals surface area contributed by atoms with Crippen molar-refractivity contribution in [2.45, 2.75) is 18.9 Å². The predicted molar refractivity (Wildman–Crippen MR) is 83.6 cm³/mol. The molecule has 0 bridgehead atoms. The molecule has 0 fully saturated rings. The summed E-state index contributed by atoms with van der Waals surface area (Å²) in [6.45, 7) is 0. The number of rotatable bonds is 2. The van der Waals surface area contributed by atoms with E-state index < -0.39 is 0 Å². The van der Waals surface area contributed by atoms with Gasteiger partial charge in [-0.25, -0.2) is 0 Å². The first-order valence-electron chi connectivity index (χ1n) is 6.60. The highest BCUT2D eigenvalue weighted by Gasteiger charge is 2.25. The smallest absolute Gasteiger partial charge is 0.195 e. The van der Waals surface area contributed by atoms with Gasteiger partial charge in [-0.05, 0) is 47.6 Å². The van der Waals surface area contributed by atoms with E-state index in [1.807, 2.05) is 6.07 Å². The number of hydrogen-bond acceptors (Lipinski definition) is 3. The summed E-state index contributed by atoms with van der Waals surface area (Å²) in [5.74, 6) is 0.961. The molecular weight excluding hydrogens is 286 g/mol. The standard InChI is InChI=1S/C15H13N3S2/c19-15-17-16-14(13-6-3-7-20-13)18(15)12-8-10-4-1-2-5-11(10)9-12/h1-7,12H,8-9H2,(H,17,19). The molecule has 0 saturated heterocycles. The number of H-pyrrole nitrogens is 1. The van der Waals surface area contributed by atoms with E-state index >= 15 is 0 Å². The van der Waals surface area contributed by atoms with E-state index in [1.165, 1.54) is 11.1 Å². The van der Waals surface area contributed by atoms with Crippen LogP contribution in [-0.2, 0) is 12.8 Å². The third kappa shape index (κ3) is 1.85. The third-order valence-electron chi connectivity index (χ3n) is 3.84. The minimum absolute atomic E-state index is 0.371. The van der Waals surface area contributed by atoms with Crippen molar-refractivity contribution in [1.82, 2.24) is 14.8 Å². The van der Waals surface area contributed by atoms with Crippen LogP contribution in [0.1, 0.15) is 17.2 Å². The molecule has 100 valence electrons. The van der Waals surface area contributed by atoms with Gasteiger partial charge in [0.2, 0.25) is 0 Å². The van der Waals surface area contributed by atoms with Crippen molar-refractivity contribution in [2.24, 2.45) is 0 Å². The summed E-state index contributed by atoms with van der Waals surface area (Å²) in [4.78, 5) is 1.16. The SMILES string of the molecule is S=c1[nH]nc(-c2cccs2)n1C1Cc2ccccc2C1. The van der Waals surface area contributed by atoms with Crippen LogP contribution in [0.15, 0.2) is 41.8 Å². The van der Waals surface area contributed by atoms with Crippen molar-refractivity contribution in [3.05, 3.63) is 57.7 Å². The van der Waals surface area contributed by atoms with Crippen molar-refractivity contribution in [3.63, 3.8) is 0 Å². The lowest BCUT2D eigenvalue weighted by Crippen LogP contribution is -2.10. The first-order chi connectivity index (χ1) is 9.83. The second-order valence-electron chi connectivity index (χ2n) is 5.03. The Labute approximate surface area is 125 Å². The molecule has 3 aromatic rings. The molecule has 0 spiro atoms. The first kappa shape index (κ1) is 12.1. The lowest BCUT2D eigenvalue weighted by molar-refractivity contribution is 0.527. The van der Waals surface area contributed by atoms with Crippen molar-refractivity contribution < 1.29 is 0 Å². The highest BCUT2D eigenvalue weighted by molar-refractivity contribution is 7.71. The minimum atomic E-state index is 0.371. The Bertz CT molecular complexity index is 774. The van der Waals surface area contributed by atoms with E-state index in [-0.39, 0.29) is 0 Å².